The first-order valence-corrected chi connectivity index (χ1v) is 9.03. The maximum Gasteiger partial charge on any atom is 0.282 e. The van der Waals surface area contributed by atoms with Crippen LogP contribution in [0.4, 0.5) is 11.4 Å². The zero-order valence-electron chi connectivity index (χ0n) is 15.1. The van der Waals surface area contributed by atoms with E-state index in [2.05, 4.69) is 5.32 Å². The molecule has 0 saturated heterocycles. The van der Waals surface area contributed by atoms with Crippen LogP contribution in [0.1, 0.15) is 18.9 Å². The van der Waals surface area contributed by atoms with Crippen LogP contribution in [0.25, 0.3) is 0 Å². The summed E-state index contributed by atoms with van der Waals surface area (Å²) in [5, 5.41) is 4.83. The smallest absolute Gasteiger partial charge is 0.282 e. The fourth-order valence-corrected chi connectivity index (χ4v) is 3.50. The molecular weight excluding hydrogens is 346 g/mol. The number of carbonyl (C=O) groups excluding carboxylic acids is 2. The Morgan fingerprint density at radius 1 is 1.22 bits per heavy atom. The van der Waals surface area contributed by atoms with Gasteiger partial charge in [0, 0.05) is 18.0 Å². The minimum absolute atomic E-state index is 0.0211. The van der Waals surface area contributed by atoms with Crippen LogP contribution in [-0.2, 0) is 16.1 Å². The summed E-state index contributed by atoms with van der Waals surface area (Å²) in [6, 6.07) is 13.0. The number of fused-ring (bicyclic) bond motifs is 2. The number of nitrogens with two attached hydrogens (primary N) is 1. The molecular formula is C20H22N3O4+. The summed E-state index contributed by atoms with van der Waals surface area (Å²) < 4.78 is 10.7. The molecule has 0 radical (unpaired) electrons. The number of quaternary nitrogens is 1. The third-order valence-corrected chi connectivity index (χ3v) is 4.76. The van der Waals surface area contributed by atoms with Crippen molar-refractivity contribution in [1.29, 1.82) is 0 Å². The van der Waals surface area contributed by atoms with Gasteiger partial charge in [-0.1, -0.05) is 12.1 Å². The Labute approximate surface area is 157 Å². The van der Waals surface area contributed by atoms with E-state index in [0.717, 1.165) is 22.7 Å². The Morgan fingerprint density at radius 3 is 2.93 bits per heavy atom. The van der Waals surface area contributed by atoms with Crippen LogP contribution in [0.5, 0.6) is 11.5 Å². The van der Waals surface area contributed by atoms with Gasteiger partial charge in [-0.15, -0.1) is 0 Å². The number of para-hydroxylation sites is 2. The number of amides is 2. The molecule has 3 N–H and O–H groups in total. The highest BCUT2D eigenvalue weighted by atomic mass is 16.7. The summed E-state index contributed by atoms with van der Waals surface area (Å²) in [5.41, 5.74) is 2.49. The monoisotopic (exact) mass is 368 g/mol. The van der Waals surface area contributed by atoms with Crippen molar-refractivity contribution in [2.75, 3.05) is 23.6 Å². The topological polar surface area (TPSA) is 84.5 Å². The molecule has 0 bridgehead atoms. The standard InChI is InChI=1S/C20H21N3O4/c1-13-8-19(24)22-15-4-2-3-5-16(15)23(13)20(25)11-21-10-14-6-7-17-18(9-14)27-12-26-17/h2-7,9,13,21H,8,10-12H2,1H3,(H,22,24)/p+1/t13-/m0/s1. The molecule has 0 unspecified atom stereocenters. The molecule has 2 aromatic rings. The van der Waals surface area contributed by atoms with E-state index in [9.17, 15) is 9.59 Å². The molecule has 0 fully saturated rings. The molecule has 2 amide bonds. The molecule has 0 spiro atoms. The van der Waals surface area contributed by atoms with Crippen LogP contribution < -0.4 is 25.0 Å². The molecule has 2 heterocycles. The Kier molecular flexibility index (Phi) is 4.68. The van der Waals surface area contributed by atoms with Gasteiger partial charge in [-0.25, -0.2) is 0 Å². The van der Waals surface area contributed by atoms with Crippen molar-refractivity contribution >= 4 is 23.2 Å². The van der Waals surface area contributed by atoms with Gasteiger partial charge in [0.05, 0.1) is 11.4 Å². The lowest BCUT2D eigenvalue weighted by molar-refractivity contribution is -0.659. The van der Waals surface area contributed by atoms with E-state index in [1.165, 1.54) is 0 Å². The van der Waals surface area contributed by atoms with Gasteiger partial charge in [0.25, 0.3) is 5.91 Å². The number of hydrogen-bond donors (Lipinski definition) is 2. The fourth-order valence-electron chi connectivity index (χ4n) is 3.50. The highest BCUT2D eigenvalue weighted by molar-refractivity contribution is 6.04. The van der Waals surface area contributed by atoms with Crippen molar-refractivity contribution < 1.29 is 24.4 Å². The van der Waals surface area contributed by atoms with Crippen LogP contribution in [0, 0.1) is 0 Å². The first-order chi connectivity index (χ1) is 13.1. The molecule has 0 saturated carbocycles. The van der Waals surface area contributed by atoms with Crippen LogP contribution in [0.2, 0.25) is 0 Å². The van der Waals surface area contributed by atoms with Crippen LogP contribution >= 0.6 is 0 Å². The number of ether oxygens (including phenoxy) is 2. The van der Waals surface area contributed by atoms with Gasteiger partial charge in [-0.3, -0.25) is 9.59 Å². The number of benzene rings is 2. The third-order valence-electron chi connectivity index (χ3n) is 4.76. The Bertz CT molecular complexity index is 883. The Hall–Kier alpha value is -3.06. The highest BCUT2D eigenvalue weighted by Crippen LogP contribution is 2.32. The van der Waals surface area contributed by atoms with E-state index in [-0.39, 0.29) is 31.1 Å². The van der Waals surface area contributed by atoms with Crippen LogP contribution in [0.15, 0.2) is 42.5 Å². The summed E-state index contributed by atoms with van der Waals surface area (Å²) in [5.74, 6) is 1.40. The van der Waals surface area contributed by atoms with E-state index in [1.807, 2.05) is 54.7 Å². The molecule has 2 aliphatic heterocycles. The van der Waals surface area contributed by atoms with Gasteiger partial charge in [0.15, 0.2) is 18.0 Å². The maximum absolute atomic E-state index is 12.9. The normalized spacial score (nSPS) is 17.9. The highest BCUT2D eigenvalue weighted by Gasteiger charge is 2.30. The second-order valence-electron chi connectivity index (χ2n) is 6.77. The molecule has 0 aliphatic carbocycles. The van der Waals surface area contributed by atoms with Crippen LogP contribution in [0.3, 0.4) is 0 Å². The fraction of sp³-hybridized carbons (Fsp3) is 0.300. The Morgan fingerprint density at radius 2 is 2.04 bits per heavy atom. The number of hydrogen-bond acceptors (Lipinski definition) is 4. The summed E-state index contributed by atoms with van der Waals surface area (Å²) in [7, 11) is 0. The molecule has 27 heavy (non-hydrogen) atoms. The number of nitrogens with one attached hydrogen (secondary N) is 1. The van der Waals surface area contributed by atoms with Crippen molar-refractivity contribution in [2.45, 2.75) is 25.9 Å². The SMILES string of the molecule is C[C@H]1CC(=O)Nc2ccccc2N1C(=O)C[NH2+]Cc1ccc2c(c1)OCO2. The summed E-state index contributed by atoms with van der Waals surface area (Å²) in [6.45, 7) is 3.10. The molecule has 0 aromatic heterocycles. The van der Waals surface area contributed by atoms with Gasteiger partial charge in [0.1, 0.15) is 6.54 Å². The zero-order valence-corrected chi connectivity index (χ0v) is 15.1. The van der Waals surface area contributed by atoms with E-state index in [1.54, 1.807) is 4.90 Å². The second-order valence-corrected chi connectivity index (χ2v) is 6.77. The Balaban J connectivity index is 1.43. The van der Waals surface area contributed by atoms with Crippen molar-refractivity contribution in [3.63, 3.8) is 0 Å². The quantitative estimate of drug-likeness (QED) is 0.851. The average molecular weight is 368 g/mol. The lowest BCUT2D eigenvalue weighted by atomic mass is 10.1. The minimum Gasteiger partial charge on any atom is -0.454 e. The predicted molar refractivity (Wildman–Crippen MR) is 99.7 cm³/mol. The van der Waals surface area contributed by atoms with Gasteiger partial charge in [0.2, 0.25) is 12.7 Å². The average Bonchev–Trinajstić information content (AvgIpc) is 3.06. The molecule has 2 aliphatic rings. The molecule has 4 rings (SSSR count). The lowest BCUT2D eigenvalue weighted by Crippen LogP contribution is -2.85. The second kappa shape index (κ2) is 7.28. The molecule has 7 heteroatoms. The van der Waals surface area contributed by atoms with Crippen molar-refractivity contribution in [2.24, 2.45) is 0 Å². The summed E-state index contributed by atoms with van der Waals surface area (Å²) in [6.07, 6.45) is 0.280. The first-order valence-electron chi connectivity index (χ1n) is 9.03. The first kappa shape index (κ1) is 17.4. The summed E-state index contributed by atoms with van der Waals surface area (Å²) in [4.78, 5) is 26.7. The van der Waals surface area contributed by atoms with Gasteiger partial charge < -0.3 is 25.0 Å². The molecule has 2 aromatic carbocycles. The predicted octanol–water partition coefficient (Wildman–Crippen LogP) is 1.24. The van der Waals surface area contributed by atoms with E-state index >= 15 is 0 Å². The molecule has 7 nitrogen and oxygen atoms in total. The zero-order chi connectivity index (χ0) is 18.8. The maximum atomic E-state index is 12.9. The van der Waals surface area contributed by atoms with Crippen molar-refractivity contribution in [1.82, 2.24) is 0 Å². The van der Waals surface area contributed by atoms with Gasteiger partial charge in [-0.2, -0.15) is 0 Å². The van der Waals surface area contributed by atoms with Crippen molar-refractivity contribution in [3.05, 3.63) is 48.0 Å². The van der Waals surface area contributed by atoms with Crippen LogP contribution in [-0.4, -0.2) is 31.2 Å². The molecule has 1 atom stereocenters. The van der Waals surface area contributed by atoms with E-state index in [4.69, 9.17) is 9.47 Å². The molecule has 140 valence electrons. The number of rotatable bonds is 4. The third kappa shape index (κ3) is 3.59. The van der Waals surface area contributed by atoms with Gasteiger partial charge in [-0.05, 0) is 37.3 Å². The van der Waals surface area contributed by atoms with E-state index < -0.39 is 0 Å². The largest absolute Gasteiger partial charge is 0.454 e. The minimum atomic E-state index is -0.194. The number of nitrogens with zero attached hydrogens (tertiary/aromatic N) is 1. The van der Waals surface area contributed by atoms with Gasteiger partial charge >= 0.3 is 0 Å². The lowest BCUT2D eigenvalue weighted by Gasteiger charge is -2.27. The summed E-state index contributed by atoms with van der Waals surface area (Å²) >= 11 is 0. The number of carbonyl (C=O) groups is 2. The number of anilines is 2. The van der Waals surface area contributed by atoms with Crippen molar-refractivity contribution in [3.8, 4) is 11.5 Å². The van der Waals surface area contributed by atoms with E-state index in [0.29, 0.717) is 18.8 Å².